The van der Waals surface area contributed by atoms with Crippen LogP contribution in [0.1, 0.15) is 5.76 Å². The van der Waals surface area contributed by atoms with Crippen molar-refractivity contribution in [3.05, 3.63) is 54.3 Å². The van der Waals surface area contributed by atoms with Crippen LogP contribution in [0.5, 0.6) is 0 Å². The van der Waals surface area contributed by atoms with Crippen molar-refractivity contribution in [1.29, 1.82) is 0 Å². The molecule has 1 saturated heterocycles. The molecule has 1 aliphatic rings. The number of benzene rings is 1. The number of amides is 1. The summed E-state index contributed by atoms with van der Waals surface area (Å²) >= 11 is 12.6. The first kappa shape index (κ1) is 16.1. The summed E-state index contributed by atoms with van der Waals surface area (Å²) in [7, 11) is 0. The molecule has 112 valence electrons. The van der Waals surface area contributed by atoms with Gasteiger partial charge in [-0.15, -0.1) is 0 Å². The smallest absolute Gasteiger partial charge is 0.264 e. The van der Waals surface area contributed by atoms with Crippen LogP contribution >= 0.6 is 61.9 Å². The Morgan fingerprint density at radius 1 is 1.41 bits per heavy atom. The van der Waals surface area contributed by atoms with Crippen LogP contribution in [0.25, 0.3) is 6.08 Å². The quantitative estimate of drug-likeness (QED) is 0.448. The molecule has 0 radical (unpaired) electrons. The lowest BCUT2D eigenvalue weighted by molar-refractivity contribution is -0.115. The molecule has 0 bridgehead atoms. The summed E-state index contributed by atoms with van der Waals surface area (Å²) in [6.45, 7) is 0. The second kappa shape index (κ2) is 6.77. The Bertz CT molecular complexity index is 799. The van der Waals surface area contributed by atoms with E-state index in [0.717, 1.165) is 8.24 Å². The predicted molar refractivity (Wildman–Crippen MR) is 101 cm³/mol. The SMILES string of the molecule is O=C1NC(=Nc2cccc(Cl)c2)S/C1=C\c1cc(Br)c(I)o1. The number of carbonyl (C=O) groups excluding carboxylic acids is 1. The Morgan fingerprint density at radius 2 is 2.23 bits per heavy atom. The van der Waals surface area contributed by atoms with Crippen LogP contribution in [-0.4, -0.2) is 11.1 Å². The summed E-state index contributed by atoms with van der Waals surface area (Å²) in [5.41, 5.74) is 0.687. The lowest BCUT2D eigenvalue weighted by Gasteiger charge is -1.96. The molecular weight excluding hydrogens is 502 g/mol. The standard InChI is InChI=1S/C14H7BrClIN2O2S/c15-10-5-9(21-12(10)17)6-11-13(20)19-14(22-11)18-8-3-1-2-7(16)4-8/h1-6H,(H,18,19,20)/b11-6-. The van der Waals surface area contributed by atoms with Gasteiger partial charge >= 0.3 is 0 Å². The summed E-state index contributed by atoms with van der Waals surface area (Å²) in [5, 5.41) is 3.83. The molecule has 2 heterocycles. The number of nitrogens with one attached hydrogen (secondary N) is 1. The molecule has 1 amide bonds. The zero-order valence-electron chi connectivity index (χ0n) is 10.8. The second-order valence-corrected chi connectivity index (χ2v) is 7.53. The van der Waals surface area contributed by atoms with E-state index in [4.69, 9.17) is 16.0 Å². The largest absolute Gasteiger partial charge is 0.450 e. The van der Waals surface area contributed by atoms with Crippen molar-refractivity contribution in [3.8, 4) is 0 Å². The molecule has 1 aromatic carbocycles. The highest BCUT2D eigenvalue weighted by molar-refractivity contribution is 14.1. The third kappa shape index (κ3) is 3.76. The number of thioether (sulfide) groups is 1. The number of furan rings is 1. The van der Waals surface area contributed by atoms with Crippen LogP contribution in [0, 0.1) is 3.77 Å². The number of hydrogen-bond donors (Lipinski definition) is 1. The zero-order valence-corrected chi connectivity index (χ0v) is 16.1. The van der Waals surface area contributed by atoms with Crippen molar-refractivity contribution in [1.82, 2.24) is 5.32 Å². The van der Waals surface area contributed by atoms with Crippen molar-refractivity contribution in [2.45, 2.75) is 0 Å². The van der Waals surface area contributed by atoms with Gasteiger partial charge < -0.3 is 9.73 Å². The number of aliphatic imine (C=N–C) groups is 1. The number of halogens is 3. The Labute approximate surface area is 157 Å². The average molecular weight is 510 g/mol. The van der Waals surface area contributed by atoms with Gasteiger partial charge in [-0.1, -0.05) is 17.7 Å². The van der Waals surface area contributed by atoms with E-state index in [-0.39, 0.29) is 5.91 Å². The van der Waals surface area contributed by atoms with Crippen molar-refractivity contribution in [3.63, 3.8) is 0 Å². The first-order valence-corrected chi connectivity index (χ1v) is 9.08. The fraction of sp³-hybridized carbons (Fsp3) is 0. The molecule has 4 nitrogen and oxygen atoms in total. The minimum absolute atomic E-state index is 0.201. The van der Waals surface area contributed by atoms with Crippen molar-refractivity contribution in [2.75, 3.05) is 0 Å². The van der Waals surface area contributed by atoms with Gasteiger partial charge in [0.25, 0.3) is 5.91 Å². The van der Waals surface area contributed by atoms with E-state index in [1.807, 2.05) is 18.2 Å². The van der Waals surface area contributed by atoms with E-state index >= 15 is 0 Å². The Morgan fingerprint density at radius 3 is 2.91 bits per heavy atom. The molecule has 0 spiro atoms. The van der Waals surface area contributed by atoms with Gasteiger partial charge in [-0.3, -0.25) is 4.79 Å². The highest BCUT2D eigenvalue weighted by Crippen LogP contribution is 2.31. The Balaban J connectivity index is 1.84. The predicted octanol–water partition coefficient (Wildman–Crippen LogP) is 5.19. The van der Waals surface area contributed by atoms with Crippen molar-refractivity contribution >= 4 is 84.7 Å². The third-order valence-electron chi connectivity index (χ3n) is 2.63. The molecule has 1 fully saturated rings. The van der Waals surface area contributed by atoms with E-state index in [1.165, 1.54) is 11.8 Å². The van der Waals surface area contributed by atoms with Crippen LogP contribution in [0.15, 0.2) is 49.1 Å². The summed E-state index contributed by atoms with van der Waals surface area (Å²) in [5.74, 6) is 0.409. The molecule has 3 rings (SSSR count). The second-order valence-electron chi connectivity index (χ2n) is 4.23. The highest BCUT2D eigenvalue weighted by Gasteiger charge is 2.24. The minimum Gasteiger partial charge on any atom is -0.450 e. The molecule has 0 saturated carbocycles. The summed E-state index contributed by atoms with van der Waals surface area (Å²) in [6.07, 6.45) is 1.69. The van der Waals surface area contributed by atoms with Crippen molar-refractivity contribution in [2.24, 2.45) is 4.99 Å². The number of carbonyl (C=O) groups is 1. The van der Waals surface area contributed by atoms with Crippen LogP contribution < -0.4 is 5.32 Å². The Kier molecular flexibility index (Phi) is 4.96. The maximum absolute atomic E-state index is 12.0. The van der Waals surface area contributed by atoms with Gasteiger partial charge in [-0.2, -0.15) is 0 Å². The fourth-order valence-electron chi connectivity index (χ4n) is 1.71. The van der Waals surface area contributed by atoms with Gasteiger partial charge in [0.1, 0.15) is 5.76 Å². The first-order chi connectivity index (χ1) is 10.5. The molecule has 1 N–H and O–H groups in total. The molecule has 0 aliphatic carbocycles. The summed E-state index contributed by atoms with van der Waals surface area (Å²) < 4.78 is 7.10. The minimum atomic E-state index is -0.201. The maximum atomic E-state index is 12.0. The molecule has 1 aliphatic heterocycles. The fourth-order valence-corrected chi connectivity index (χ4v) is 3.43. The third-order valence-corrected chi connectivity index (χ3v) is 5.90. The van der Waals surface area contributed by atoms with Crippen molar-refractivity contribution < 1.29 is 9.21 Å². The molecule has 2 aromatic rings. The van der Waals surface area contributed by atoms with Gasteiger partial charge in [0, 0.05) is 33.7 Å². The van der Waals surface area contributed by atoms with E-state index in [0.29, 0.717) is 26.5 Å². The van der Waals surface area contributed by atoms with Gasteiger partial charge in [-0.05, 0) is 52.0 Å². The average Bonchev–Trinajstić information content (AvgIpc) is 2.93. The lowest BCUT2D eigenvalue weighted by Crippen LogP contribution is -2.19. The van der Waals surface area contributed by atoms with Gasteiger partial charge in [0.05, 0.1) is 15.1 Å². The summed E-state index contributed by atoms with van der Waals surface area (Å²) in [6, 6.07) is 8.94. The van der Waals surface area contributed by atoms with Crippen LogP contribution in [-0.2, 0) is 4.79 Å². The highest BCUT2D eigenvalue weighted by atomic mass is 127. The van der Waals surface area contributed by atoms with Gasteiger partial charge in [0.15, 0.2) is 8.93 Å². The van der Waals surface area contributed by atoms with E-state index < -0.39 is 0 Å². The van der Waals surface area contributed by atoms with Crippen LogP contribution in [0.4, 0.5) is 5.69 Å². The van der Waals surface area contributed by atoms with Gasteiger partial charge in [0.2, 0.25) is 0 Å². The zero-order chi connectivity index (χ0) is 15.7. The first-order valence-electron chi connectivity index (χ1n) is 6.01. The van der Waals surface area contributed by atoms with Gasteiger partial charge in [-0.25, -0.2) is 4.99 Å². The monoisotopic (exact) mass is 508 g/mol. The van der Waals surface area contributed by atoms with Crippen LogP contribution in [0.2, 0.25) is 5.02 Å². The number of hydrogen-bond acceptors (Lipinski definition) is 4. The lowest BCUT2D eigenvalue weighted by atomic mass is 10.3. The summed E-state index contributed by atoms with van der Waals surface area (Å²) in [4.78, 5) is 16.9. The number of rotatable bonds is 2. The van der Waals surface area contributed by atoms with E-state index in [9.17, 15) is 4.79 Å². The molecular formula is C14H7BrClIN2O2S. The Hall–Kier alpha value is -0.770. The number of nitrogens with zero attached hydrogens (tertiary/aromatic N) is 1. The topological polar surface area (TPSA) is 54.6 Å². The molecule has 22 heavy (non-hydrogen) atoms. The van der Waals surface area contributed by atoms with E-state index in [2.05, 4.69) is 48.8 Å². The number of amidine groups is 1. The normalized spacial score (nSPS) is 18.2. The molecule has 0 unspecified atom stereocenters. The van der Waals surface area contributed by atoms with Crippen LogP contribution in [0.3, 0.4) is 0 Å². The van der Waals surface area contributed by atoms with E-state index in [1.54, 1.807) is 18.2 Å². The molecule has 0 atom stereocenters. The molecule has 8 heteroatoms. The molecule has 1 aromatic heterocycles. The maximum Gasteiger partial charge on any atom is 0.264 e.